The quantitative estimate of drug-likeness (QED) is 0.835. The molecule has 19 heavy (non-hydrogen) atoms. The Morgan fingerprint density at radius 2 is 2.26 bits per heavy atom. The van der Waals surface area contributed by atoms with Crippen LogP contribution in [-0.2, 0) is 11.2 Å². The third-order valence-electron chi connectivity index (χ3n) is 3.83. The number of fused-ring (bicyclic) bond motifs is 1. The summed E-state index contributed by atoms with van der Waals surface area (Å²) in [6.45, 7) is 3.57. The van der Waals surface area contributed by atoms with Crippen LogP contribution in [0.5, 0.6) is 0 Å². The van der Waals surface area contributed by atoms with Crippen molar-refractivity contribution < 1.29 is 9.84 Å². The molecule has 0 fully saturated rings. The molecule has 2 atom stereocenters. The Hall–Kier alpha value is -1.10. The second-order valence-corrected chi connectivity index (χ2v) is 5.30. The maximum Gasteiger partial charge on any atom is 0.0694 e. The number of aliphatic hydroxyl groups excluding tert-OH is 1. The van der Waals surface area contributed by atoms with E-state index in [1.54, 1.807) is 7.11 Å². The van der Waals surface area contributed by atoms with E-state index in [1.165, 1.54) is 16.8 Å². The summed E-state index contributed by atoms with van der Waals surface area (Å²) < 4.78 is 5.12. The standard InChI is InChI=1S/C15H24N2O2/c1-11-5-6-14-12(8-11)4-3-7-17(14)15(9-18)13(16)10-19-2/h5-6,8,13,15,18H,3-4,7,9-10,16H2,1-2H3. The third-order valence-corrected chi connectivity index (χ3v) is 3.83. The fourth-order valence-corrected chi connectivity index (χ4v) is 2.87. The van der Waals surface area contributed by atoms with Crippen molar-refractivity contribution in [2.24, 2.45) is 5.73 Å². The lowest BCUT2D eigenvalue weighted by Gasteiger charge is -2.39. The van der Waals surface area contributed by atoms with Crippen LogP contribution in [-0.4, -0.2) is 44.1 Å². The van der Waals surface area contributed by atoms with Gasteiger partial charge in [0.15, 0.2) is 0 Å². The van der Waals surface area contributed by atoms with Gasteiger partial charge in [-0.15, -0.1) is 0 Å². The van der Waals surface area contributed by atoms with Crippen LogP contribution in [0.2, 0.25) is 0 Å². The fourth-order valence-electron chi connectivity index (χ4n) is 2.87. The largest absolute Gasteiger partial charge is 0.394 e. The molecular formula is C15H24N2O2. The van der Waals surface area contributed by atoms with E-state index in [4.69, 9.17) is 10.5 Å². The normalized spacial score (nSPS) is 18.0. The van der Waals surface area contributed by atoms with E-state index in [1.807, 2.05) is 0 Å². The number of nitrogens with two attached hydrogens (primary N) is 1. The first-order chi connectivity index (χ1) is 9.17. The number of ether oxygens (including phenoxy) is 1. The highest BCUT2D eigenvalue weighted by molar-refractivity contribution is 5.57. The van der Waals surface area contributed by atoms with E-state index in [0.29, 0.717) is 6.61 Å². The molecule has 4 nitrogen and oxygen atoms in total. The first-order valence-electron chi connectivity index (χ1n) is 6.89. The number of benzene rings is 1. The van der Waals surface area contributed by atoms with Crippen LogP contribution in [0.15, 0.2) is 18.2 Å². The number of rotatable bonds is 5. The fraction of sp³-hybridized carbons (Fsp3) is 0.600. The number of nitrogens with zero attached hydrogens (tertiary/aromatic N) is 1. The van der Waals surface area contributed by atoms with E-state index in [9.17, 15) is 5.11 Å². The zero-order valence-corrected chi connectivity index (χ0v) is 11.8. The topological polar surface area (TPSA) is 58.7 Å². The van der Waals surface area contributed by atoms with Gasteiger partial charge in [-0.2, -0.15) is 0 Å². The molecule has 4 heteroatoms. The first kappa shape index (κ1) is 14.3. The molecule has 1 aliphatic rings. The predicted molar refractivity (Wildman–Crippen MR) is 77.6 cm³/mol. The second kappa shape index (κ2) is 6.37. The summed E-state index contributed by atoms with van der Waals surface area (Å²) in [6, 6.07) is 6.24. The number of methoxy groups -OCH3 is 1. The van der Waals surface area contributed by atoms with E-state index < -0.39 is 0 Å². The highest BCUT2D eigenvalue weighted by Crippen LogP contribution is 2.30. The van der Waals surface area contributed by atoms with E-state index in [-0.39, 0.29) is 18.7 Å². The van der Waals surface area contributed by atoms with Crippen molar-refractivity contribution in [3.63, 3.8) is 0 Å². The zero-order valence-electron chi connectivity index (χ0n) is 11.8. The maximum absolute atomic E-state index is 9.68. The van der Waals surface area contributed by atoms with Gasteiger partial charge in [-0.1, -0.05) is 17.7 Å². The Labute approximate surface area is 115 Å². The summed E-state index contributed by atoms with van der Waals surface area (Å²) >= 11 is 0. The van der Waals surface area contributed by atoms with Gasteiger partial charge in [-0.05, 0) is 31.4 Å². The van der Waals surface area contributed by atoms with Crippen LogP contribution in [0.1, 0.15) is 17.5 Å². The van der Waals surface area contributed by atoms with Crippen molar-refractivity contribution in [2.45, 2.75) is 31.8 Å². The van der Waals surface area contributed by atoms with Crippen molar-refractivity contribution in [2.75, 3.05) is 31.8 Å². The van der Waals surface area contributed by atoms with Gasteiger partial charge < -0.3 is 20.5 Å². The van der Waals surface area contributed by atoms with Gasteiger partial charge in [0, 0.05) is 19.3 Å². The van der Waals surface area contributed by atoms with Gasteiger partial charge in [0.25, 0.3) is 0 Å². The lowest BCUT2D eigenvalue weighted by atomic mass is 9.96. The number of aryl methyl sites for hydroxylation is 2. The Kier molecular flexibility index (Phi) is 4.80. The molecule has 0 bridgehead atoms. The van der Waals surface area contributed by atoms with Gasteiger partial charge in [-0.3, -0.25) is 0 Å². The number of hydrogen-bond donors (Lipinski definition) is 2. The monoisotopic (exact) mass is 264 g/mol. The number of aliphatic hydroxyl groups is 1. The number of anilines is 1. The average molecular weight is 264 g/mol. The maximum atomic E-state index is 9.68. The second-order valence-electron chi connectivity index (χ2n) is 5.30. The lowest BCUT2D eigenvalue weighted by Crippen LogP contribution is -2.53. The molecule has 106 valence electrons. The molecule has 2 unspecified atom stereocenters. The molecular weight excluding hydrogens is 240 g/mol. The molecule has 0 radical (unpaired) electrons. The highest BCUT2D eigenvalue weighted by atomic mass is 16.5. The Morgan fingerprint density at radius 1 is 1.47 bits per heavy atom. The summed E-state index contributed by atoms with van der Waals surface area (Å²) in [6.07, 6.45) is 2.21. The molecule has 0 amide bonds. The van der Waals surface area contributed by atoms with Crippen molar-refractivity contribution >= 4 is 5.69 Å². The summed E-state index contributed by atoms with van der Waals surface area (Å²) in [4.78, 5) is 2.24. The van der Waals surface area contributed by atoms with Crippen molar-refractivity contribution in [1.82, 2.24) is 0 Å². The van der Waals surface area contributed by atoms with Crippen LogP contribution in [0, 0.1) is 6.92 Å². The summed E-state index contributed by atoms with van der Waals surface area (Å²) in [5.74, 6) is 0. The van der Waals surface area contributed by atoms with E-state index >= 15 is 0 Å². The summed E-state index contributed by atoms with van der Waals surface area (Å²) in [7, 11) is 1.64. The smallest absolute Gasteiger partial charge is 0.0694 e. The lowest BCUT2D eigenvalue weighted by molar-refractivity contribution is 0.148. The third kappa shape index (κ3) is 3.08. The molecule has 0 spiro atoms. The minimum absolute atomic E-state index is 0.0534. The van der Waals surface area contributed by atoms with Gasteiger partial charge in [0.1, 0.15) is 0 Å². The van der Waals surface area contributed by atoms with Crippen LogP contribution in [0.4, 0.5) is 5.69 Å². The predicted octanol–water partition coefficient (Wildman–Crippen LogP) is 1.08. The SMILES string of the molecule is COCC(N)C(CO)N1CCCc2cc(C)ccc21. The van der Waals surface area contributed by atoms with Crippen LogP contribution in [0.25, 0.3) is 0 Å². The van der Waals surface area contributed by atoms with Crippen molar-refractivity contribution in [3.8, 4) is 0 Å². The van der Waals surface area contributed by atoms with E-state index in [2.05, 4.69) is 30.0 Å². The molecule has 1 heterocycles. The van der Waals surface area contributed by atoms with Crippen molar-refractivity contribution in [1.29, 1.82) is 0 Å². The Morgan fingerprint density at radius 3 is 2.95 bits per heavy atom. The highest BCUT2D eigenvalue weighted by Gasteiger charge is 2.28. The number of hydrogen-bond acceptors (Lipinski definition) is 4. The zero-order chi connectivity index (χ0) is 13.8. The van der Waals surface area contributed by atoms with Gasteiger partial charge in [0.2, 0.25) is 0 Å². The molecule has 2 rings (SSSR count). The first-order valence-corrected chi connectivity index (χ1v) is 6.89. The van der Waals surface area contributed by atoms with Gasteiger partial charge in [0.05, 0.1) is 25.3 Å². The van der Waals surface area contributed by atoms with E-state index in [0.717, 1.165) is 19.4 Å². The van der Waals surface area contributed by atoms with Crippen molar-refractivity contribution in [3.05, 3.63) is 29.3 Å². The minimum atomic E-state index is -0.178. The van der Waals surface area contributed by atoms with Crippen LogP contribution in [0.3, 0.4) is 0 Å². The van der Waals surface area contributed by atoms with Crippen LogP contribution < -0.4 is 10.6 Å². The van der Waals surface area contributed by atoms with Gasteiger partial charge in [-0.25, -0.2) is 0 Å². The Bertz CT molecular complexity index is 423. The molecule has 3 N–H and O–H groups in total. The molecule has 0 aromatic heterocycles. The average Bonchev–Trinajstić information content (AvgIpc) is 2.39. The molecule has 1 aliphatic heterocycles. The molecule has 0 saturated heterocycles. The molecule has 1 aromatic rings. The molecule has 0 saturated carbocycles. The minimum Gasteiger partial charge on any atom is -0.394 e. The van der Waals surface area contributed by atoms with Crippen LogP contribution >= 0.6 is 0 Å². The summed E-state index contributed by atoms with van der Waals surface area (Å²) in [5.41, 5.74) is 9.98. The Balaban J connectivity index is 2.26. The summed E-state index contributed by atoms with van der Waals surface area (Å²) in [5, 5.41) is 9.68. The van der Waals surface area contributed by atoms with Gasteiger partial charge >= 0.3 is 0 Å². The molecule has 0 aliphatic carbocycles. The molecule has 1 aromatic carbocycles.